The van der Waals surface area contributed by atoms with Crippen LogP contribution in [0.1, 0.15) is 36.5 Å². The van der Waals surface area contributed by atoms with Gasteiger partial charge in [-0.05, 0) is 44.4 Å². The van der Waals surface area contributed by atoms with E-state index in [1.54, 1.807) is 4.90 Å². The van der Waals surface area contributed by atoms with Gasteiger partial charge in [0.2, 0.25) is 0 Å². The van der Waals surface area contributed by atoms with Crippen LogP contribution >= 0.6 is 0 Å². The van der Waals surface area contributed by atoms with Crippen LogP contribution in [0, 0.1) is 11.6 Å². The number of carbonyl (C=O) groups excluding carboxylic acids is 1. The van der Waals surface area contributed by atoms with Crippen LogP contribution in [0.4, 0.5) is 8.78 Å². The van der Waals surface area contributed by atoms with Gasteiger partial charge in [-0.3, -0.25) is 4.79 Å². The molecule has 5 heteroatoms. The summed E-state index contributed by atoms with van der Waals surface area (Å²) >= 11 is 0. The monoisotopic (exact) mass is 268 g/mol. The Labute approximate surface area is 111 Å². The topological polar surface area (TPSA) is 46.3 Å². The molecule has 104 valence electrons. The lowest BCUT2D eigenvalue weighted by atomic mass is 9.95. The molecule has 1 aliphatic rings. The highest BCUT2D eigenvalue weighted by Gasteiger charge is 2.31. The summed E-state index contributed by atoms with van der Waals surface area (Å²) in [6.07, 6.45) is 2.80. The van der Waals surface area contributed by atoms with Gasteiger partial charge in [0.25, 0.3) is 5.91 Å². The average molecular weight is 268 g/mol. The van der Waals surface area contributed by atoms with Crippen molar-refractivity contribution in [1.29, 1.82) is 0 Å². The molecule has 0 aliphatic carbocycles. The summed E-state index contributed by atoms with van der Waals surface area (Å²) < 4.78 is 26.1. The van der Waals surface area contributed by atoms with E-state index in [1.165, 1.54) is 6.07 Å². The van der Waals surface area contributed by atoms with E-state index >= 15 is 0 Å². The molecule has 1 fully saturated rings. The Morgan fingerprint density at radius 2 is 2.11 bits per heavy atom. The molecule has 2 atom stereocenters. The van der Waals surface area contributed by atoms with E-state index in [2.05, 4.69) is 0 Å². The maximum atomic E-state index is 13.2. The van der Waals surface area contributed by atoms with Gasteiger partial charge >= 0.3 is 0 Å². The Hall–Kier alpha value is -1.49. The zero-order valence-corrected chi connectivity index (χ0v) is 10.9. The largest absolute Gasteiger partial charge is 0.332 e. The number of hydrogen-bond donors (Lipinski definition) is 1. The van der Waals surface area contributed by atoms with Crippen molar-refractivity contribution in [3.8, 4) is 0 Å². The Kier molecular flexibility index (Phi) is 4.14. The molecule has 1 amide bonds. The number of rotatable bonds is 2. The first-order valence-electron chi connectivity index (χ1n) is 6.52. The second-order valence-corrected chi connectivity index (χ2v) is 5.01. The molecule has 1 heterocycles. The van der Waals surface area contributed by atoms with Crippen LogP contribution < -0.4 is 5.73 Å². The first-order chi connectivity index (χ1) is 9.04. The van der Waals surface area contributed by atoms with Gasteiger partial charge in [-0.25, -0.2) is 8.78 Å². The Bertz CT molecular complexity index is 479. The van der Waals surface area contributed by atoms with Crippen molar-refractivity contribution >= 4 is 5.91 Å². The van der Waals surface area contributed by atoms with Crippen LogP contribution in [0.15, 0.2) is 18.2 Å². The molecule has 1 aliphatic heterocycles. The van der Waals surface area contributed by atoms with Crippen molar-refractivity contribution < 1.29 is 13.6 Å². The predicted octanol–water partition coefficient (Wildman–Crippen LogP) is 2.31. The molecule has 1 aromatic rings. The molecule has 0 bridgehead atoms. The fraction of sp³-hybridized carbons (Fsp3) is 0.500. The highest BCUT2D eigenvalue weighted by atomic mass is 19.2. The van der Waals surface area contributed by atoms with Gasteiger partial charge in [0.05, 0.1) is 0 Å². The first-order valence-corrected chi connectivity index (χ1v) is 6.52. The van der Waals surface area contributed by atoms with E-state index in [4.69, 9.17) is 5.73 Å². The summed E-state index contributed by atoms with van der Waals surface area (Å²) in [6.45, 7) is 2.35. The third-order valence-corrected chi connectivity index (χ3v) is 3.70. The quantitative estimate of drug-likeness (QED) is 0.894. The van der Waals surface area contributed by atoms with Gasteiger partial charge in [0, 0.05) is 24.2 Å². The van der Waals surface area contributed by atoms with E-state index in [9.17, 15) is 13.6 Å². The van der Waals surface area contributed by atoms with Crippen LogP contribution in [0.25, 0.3) is 0 Å². The van der Waals surface area contributed by atoms with Gasteiger partial charge in [-0.1, -0.05) is 0 Å². The van der Waals surface area contributed by atoms with E-state index in [0.717, 1.165) is 31.4 Å². The van der Waals surface area contributed by atoms with Gasteiger partial charge < -0.3 is 10.6 Å². The minimum Gasteiger partial charge on any atom is -0.332 e. The van der Waals surface area contributed by atoms with Crippen molar-refractivity contribution in [3.63, 3.8) is 0 Å². The predicted molar refractivity (Wildman–Crippen MR) is 68.7 cm³/mol. The Balaban J connectivity index is 2.27. The normalized spacial score (nSPS) is 23.5. The maximum Gasteiger partial charge on any atom is 0.254 e. The second-order valence-electron chi connectivity index (χ2n) is 5.01. The fourth-order valence-electron chi connectivity index (χ4n) is 2.66. The highest BCUT2D eigenvalue weighted by molar-refractivity contribution is 5.94. The van der Waals surface area contributed by atoms with Crippen molar-refractivity contribution in [2.45, 2.75) is 38.3 Å². The molecule has 19 heavy (non-hydrogen) atoms. The third-order valence-electron chi connectivity index (χ3n) is 3.70. The molecule has 1 saturated heterocycles. The number of nitrogens with two attached hydrogens (primary N) is 1. The summed E-state index contributed by atoms with van der Waals surface area (Å²) in [5.74, 6) is -2.22. The minimum atomic E-state index is -1.00. The van der Waals surface area contributed by atoms with Crippen LogP contribution in [0.2, 0.25) is 0 Å². The molecule has 2 rings (SSSR count). The van der Waals surface area contributed by atoms with Crippen molar-refractivity contribution in [3.05, 3.63) is 35.4 Å². The van der Waals surface area contributed by atoms with Gasteiger partial charge in [0.15, 0.2) is 11.6 Å². The SMILES string of the molecule is CC1CCCC(CN)N1C(=O)c1ccc(F)c(F)c1. The summed E-state index contributed by atoms with van der Waals surface area (Å²) in [5.41, 5.74) is 5.87. The van der Waals surface area contributed by atoms with E-state index in [0.29, 0.717) is 6.54 Å². The Morgan fingerprint density at radius 1 is 1.37 bits per heavy atom. The molecule has 0 saturated carbocycles. The van der Waals surface area contributed by atoms with Crippen LogP contribution in [-0.2, 0) is 0 Å². The average Bonchev–Trinajstić information content (AvgIpc) is 2.40. The lowest BCUT2D eigenvalue weighted by Gasteiger charge is -2.40. The summed E-state index contributed by atoms with van der Waals surface area (Å²) in [6, 6.07) is 3.30. The van der Waals surface area contributed by atoms with Gasteiger partial charge in [0.1, 0.15) is 0 Å². The number of amides is 1. The van der Waals surface area contributed by atoms with Crippen molar-refractivity contribution in [2.75, 3.05) is 6.54 Å². The number of halogens is 2. The van der Waals surface area contributed by atoms with Crippen LogP contribution in [0.5, 0.6) is 0 Å². The fourth-order valence-corrected chi connectivity index (χ4v) is 2.66. The Morgan fingerprint density at radius 3 is 2.74 bits per heavy atom. The van der Waals surface area contributed by atoms with Crippen LogP contribution in [0.3, 0.4) is 0 Å². The lowest BCUT2D eigenvalue weighted by Crippen LogP contribution is -2.51. The number of nitrogens with zero attached hydrogens (tertiary/aromatic N) is 1. The van der Waals surface area contributed by atoms with Gasteiger partial charge in [-0.15, -0.1) is 0 Å². The summed E-state index contributed by atoms with van der Waals surface area (Å²) in [4.78, 5) is 14.1. The van der Waals surface area contributed by atoms with Crippen molar-refractivity contribution in [2.24, 2.45) is 5.73 Å². The van der Waals surface area contributed by atoms with Crippen LogP contribution in [-0.4, -0.2) is 29.4 Å². The van der Waals surface area contributed by atoms with E-state index in [1.807, 2.05) is 6.92 Å². The third kappa shape index (κ3) is 2.76. The molecule has 3 nitrogen and oxygen atoms in total. The minimum absolute atomic E-state index is 0.0237. The first kappa shape index (κ1) is 13.9. The molecular formula is C14H18F2N2O. The maximum absolute atomic E-state index is 13.2. The lowest BCUT2D eigenvalue weighted by molar-refractivity contribution is 0.0493. The van der Waals surface area contributed by atoms with Gasteiger partial charge in [-0.2, -0.15) is 0 Å². The van der Waals surface area contributed by atoms with E-state index < -0.39 is 11.6 Å². The highest BCUT2D eigenvalue weighted by Crippen LogP contribution is 2.24. The summed E-state index contributed by atoms with van der Waals surface area (Å²) in [5, 5.41) is 0. The molecule has 0 spiro atoms. The standard InChI is InChI=1S/C14H18F2N2O/c1-9-3-2-4-11(8-17)18(9)14(19)10-5-6-12(15)13(16)7-10/h5-7,9,11H,2-4,8,17H2,1H3. The molecule has 2 unspecified atom stereocenters. The molecule has 1 aromatic carbocycles. The number of hydrogen-bond acceptors (Lipinski definition) is 2. The molecule has 0 aromatic heterocycles. The number of piperidine rings is 1. The zero-order chi connectivity index (χ0) is 14.0. The number of carbonyl (C=O) groups is 1. The molecular weight excluding hydrogens is 250 g/mol. The molecule has 0 radical (unpaired) electrons. The zero-order valence-electron chi connectivity index (χ0n) is 10.9. The smallest absolute Gasteiger partial charge is 0.254 e. The summed E-state index contributed by atoms with van der Waals surface area (Å²) in [7, 11) is 0. The number of likely N-dealkylation sites (tertiary alicyclic amines) is 1. The number of benzene rings is 1. The molecule has 2 N–H and O–H groups in total. The van der Waals surface area contributed by atoms with E-state index in [-0.39, 0.29) is 23.6 Å². The van der Waals surface area contributed by atoms with Crippen molar-refractivity contribution in [1.82, 2.24) is 4.90 Å². The second kappa shape index (κ2) is 5.65.